The van der Waals surface area contributed by atoms with Gasteiger partial charge in [-0.15, -0.1) is 0 Å². The van der Waals surface area contributed by atoms with E-state index in [1.807, 2.05) is 0 Å². The lowest BCUT2D eigenvalue weighted by Gasteiger charge is -2.45. The number of hydrogen-bond acceptors (Lipinski definition) is 29. The van der Waals surface area contributed by atoms with Gasteiger partial charge < -0.3 is 138 Å². The van der Waals surface area contributed by atoms with Crippen LogP contribution in [0.25, 0.3) is 0 Å². The van der Waals surface area contributed by atoms with Crippen molar-refractivity contribution >= 4 is 5.91 Å². The number of rotatable bonds is 20. The lowest BCUT2D eigenvalue weighted by molar-refractivity contribution is -0.321. The molecular weight excluding hydrogens is 884 g/mol. The molecule has 5 aliphatic rings. The average Bonchev–Trinajstić information content (AvgIpc) is 3.29. The van der Waals surface area contributed by atoms with E-state index in [9.17, 15) is 61.0 Å². The minimum absolute atomic E-state index is 0.0186. The van der Waals surface area contributed by atoms with Crippen LogP contribution in [0.5, 0.6) is 0 Å². The normalized spacial score (nSPS) is 47.3. The summed E-state index contributed by atoms with van der Waals surface area (Å²) in [5.41, 5.74) is 36.9. The molecule has 30 nitrogen and oxygen atoms in total. The minimum Gasteiger partial charge on any atom is -0.394 e. The van der Waals surface area contributed by atoms with Crippen LogP contribution in [-0.2, 0) is 52.2 Å². The van der Waals surface area contributed by atoms with Crippen LogP contribution < -0.4 is 34.0 Å². The monoisotopic (exact) mass is 950 g/mol. The topological polar surface area (TPSA) is 510 Å². The summed E-state index contributed by atoms with van der Waals surface area (Å²) in [5, 5.41) is 121. The smallest absolute Gasteiger partial charge is 0.243 e. The number of carbonyl (C=O) groups is 1. The SMILES string of the molecule is N=NCC(=O)NCCCO[C@@H]1OC(CO[C@@H]2OC(CO[C@@H]3OC(CO[C@@H]4OC(CO[C@@H]5OC(CO)[C@@H](O)[C@H](O)C5N)[C@@H](O)[C@H](O)C4N)[C@@H](O)[C@H](O)C3N)[C@@H](O)[C@H](O)C2N)[C@@H](O)[C@H](O)C1N. The summed E-state index contributed by atoms with van der Waals surface area (Å²) >= 11 is 0. The van der Waals surface area contributed by atoms with E-state index in [0.29, 0.717) is 6.42 Å². The van der Waals surface area contributed by atoms with E-state index in [1.165, 1.54) is 0 Å². The zero-order valence-electron chi connectivity index (χ0n) is 35.0. The summed E-state index contributed by atoms with van der Waals surface area (Å²) in [4.78, 5) is 11.5. The molecule has 378 valence electrons. The quantitative estimate of drug-likeness (QED) is 0.0398. The van der Waals surface area contributed by atoms with Crippen LogP contribution in [0.4, 0.5) is 0 Å². The van der Waals surface area contributed by atoms with Gasteiger partial charge in [0.2, 0.25) is 5.91 Å². The maximum atomic E-state index is 11.5. The van der Waals surface area contributed by atoms with Crippen molar-refractivity contribution in [2.24, 2.45) is 33.8 Å². The van der Waals surface area contributed by atoms with Crippen molar-refractivity contribution in [3.63, 3.8) is 0 Å². The molecule has 5 aliphatic heterocycles. The van der Waals surface area contributed by atoms with E-state index in [-0.39, 0.29) is 19.7 Å². The number of hydrogen-bond donors (Lipinski definition) is 18. The first kappa shape index (κ1) is 54.0. The third-order valence-electron chi connectivity index (χ3n) is 11.8. The Hall–Kier alpha value is -1.97. The molecular formula is C35H66N8O22. The number of nitrogens with one attached hydrogen (secondary N) is 2. The standard InChI is InChI=1S/C35H66N8O22/c36-16-27(52)22(47)11(62-31(16)56-3-1-2-42-15(45)4-43-41)6-58-33-18(38)29(54)24(49)13(64-33)8-60-35-20(40)30(55)25(50)14(65-35)9-59-34-19(39)28(53)23(48)12(63-34)7-57-32-17(37)26(51)21(46)10(5-44)61-32/h10-14,16-35,41,44,46-55H,1-9,36-40H2,(H,42,45)/t10?,11?,12?,13?,14?,16?,17?,18?,19?,20?,21-,22-,23-,24-,25-,26-,27-,28-,29-,30-,31-,32-,33-,34-,35-/m1/s1. The highest BCUT2D eigenvalue weighted by atomic mass is 16.8. The fourth-order valence-corrected chi connectivity index (χ4v) is 7.60. The molecule has 23 N–H and O–H groups in total. The Morgan fingerprint density at radius 3 is 1.05 bits per heavy atom. The molecule has 0 aliphatic carbocycles. The molecule has 0 spiro atoms. The van der Waals surface area contributed by atoms with Crippen LogP contribution in [0.2, 0.25) is 0 Å². The van der Waals surface area contributed by atoms with Gasteiger partial charge in [-0.1, -0.05) is 0 Å². The summed E-state index contributed by atoms with van der Waals surface area (Å²) in [5.74, 6) is -0.457. The van der Waals surface area contributed by atoms with Gasteiger partial charge in [-0.25, -0.2) is 5.53 Å². The molecule has 0 saturated carbocycles. The van der Waals surface area contributed by atoms with Crippen molar-refractivity contribution in [3.05, 3.63) is 0 Å². The second kappa shape index (κ2) is 24.5. The van der Waals surface area contributed by atoms with Gasteiger partial charge in [0, 0.05) is 6.54 Å². The zero-order valence-corrected chi connectivity index (χ0v) is 35.0. The minimum atomic E-state index is -1.69. The molecule has 0 aromatic heterocycles. The summed E-state index contributed by atoms with van der Waals surface area (Å²) < 4.78 is 56.9. The van der Waals surface area contributed by atoms with E-state index in [0.717, 1.165) is 0 Å². The van der Waals surface area contributed by atoms with Gasteiger partial charge in [-0.3, -0.25) is 4.79 Å². The van der Waals surface area contributed by atoms with Crippen molar-refractivity contribution < 1.29 is 108 Å². The van der Waals surface area contributed by atoms with Crippen LogP contribution in [0.1, 0.15) is 6.42 Å². The molecule has 25 atom stereocenters. The van der Waals surface area contributed by atoms with E-state index in [4.69, 9.17) is 81.6 Å². The van der Waals surface area contributed by atoms with Crippen LogP contribution >= 0.6 is 0 Å². The van der Waals surface area contributed by atoms with Gasteiger partial charge in [0.15, 0.2) is 31.5 Å². The van der Waals surface area contributed by atoms with E-state index in [2.05, 4.69) is 10.4 Å². The third kappa shape index (κ3) is 13.0. The molecule has 1 amide bonds. The van der Waals surface area contributed by atoms with Gasteiger partial charge in [0.1, 0.15) is 98.1 Å². The van der Waals surface area contributed by atoms with Crippen molar-refractivity contribution in [2.45, 2.75) is 160 Å². The summed E-state index contributed by atoms with van der Waals surface area (Å²) in [7, 11) is 0. The van der Waals surface area contributed by atoms with E-state index >= 15 is 0 Å². The zero-order chi connectivity index (χ0) is 47.9. The Kier molecular flexibility index (Phi) is 20.4. The fourth-order valence-electron chi connectivity index (χ4n) is 7.60. The van der Waals surface area contributed by atoms with Crippen LogP contribution in [-0.4, -0.2) is 268 Å². The van der Waals surface area contributed by atoms with Crippen LogP contribution in [0, 0.1) is 5.53 Å². The summed E-state index contributed by atoms with van der Waals surface area (Å²) in [6, 6.07) is -6.58. The summed E-state index contributed by atoms with van der Waals surface area (Å²) in [6.07, 6.45) is -29.5. The lowest BCUT2D eigenvalue weighted by Crippen LogP contribution is -2.66. The highest BCUT2D eigenvalue weighted by Crippen LogP contribution is 2.29. The van der Waals surface area contributed by atoms with E-state index < -0.39 is 192 Å². The van der Waals surface area contributed by atoms with Gasteiger partial charge in [-0.05, 0) is 6.42 Å². The molecule has 65 heavy (non-hydrogen) atoms. The van der Waals surface area contributed by atoms with E-state index in [1.54, 1.807) is 0 Å². The summed E-state index contributed by atoms with van der Waals surface area (Å²) in [6.45, 7) is -2.95. The predicted octanol–water partition coefficient (Wildman–Crippen LogP) is -11.5. The molecule has 30 heteroatoms. The van der Waals surface area contributed by atoms with Gasteiger partial charge in [0.05, 0.1) is 69.9 Å². The second-order valence-electron chi connectivity index (χ2n) is 16.4. The van der Waals surface area contributed by atoms with Gasteiger partial charge in [-0.2, -0.15) is 5.11 Å². The van der Waals surface area contributed by atoms with Crippen molar-refractivity contribution in [1.82, 2.24) is 5.32 Å². The molecule has 5 saturated heterocycles. The molecule has 5 fully saturated rings. The number of carbonyl (C=O) groups excluding carboxylic acids is 1. The maximum absolute atomic E-state index is 11.5. The first-order chi connectivity index (χ1) is 30.8. The number of nitrogens with zero attached hydrogens (tertiary/aromatic N) is 1. The van der Waals surface area contributed by atoms with Gasteiger partial charge >= 0.3 is 0 Å². The van der Waals surface area contributed by atoms with Crippen molar-refractivity contribution in [2.75, 3.05) is 52.7 Å². The number of aliphatic hydroxyl groups excluding tert-OH is 11. The first-order valence-corrected chi connectivity index (χ1v) is 21.0. The Balaban J connectivity index is 1.12. The molecule has 10 unspecified atom stereocenters. The first-order valence-electron chi connectivity index (χ1n) is 21.0. The highest BCUT2D eigenvalue weighted by Gasteiger charge is 2.50. The predicted molar refractivity (Wildman–Crippen MR) is 208 cm³/mol. The Morgan fingerprint density at radius 2 is 0.754 bits per heavy atom. The van der Waals surface area contributed by atoms with Crippen LogP contribution in [0.15, 0.2) is 5.11 Å². The largest absolute Gasteiger partial charge is 0.394 e. The van der Waals surface area contributed by atoms with Crippen LogP contribution in [0.3, 0.4) is 0 Å². The number of aliphatic hydroxyl groups is 11. The Bertz CT molecular complexity index is 1480. The lowest BCUT2D eigenvalue weighted by atomic mass is 9.96. The number of nitrogens with two attached hydrogens (primary N) is 5. The molecule has 0 aromatic carbocycles. The molecule has 0 bridgehead atoms. The highest BCUT2D eigenvalue weighted by molar-refractivity contribution is 5.77. The number of amides is 1. The molecule has 5 heterocycles. The molecule has 5 rings (SSSR count). The average molecular weight is 951 g/mol. The fraction of sp³-hybridized carbons (Fsp3) is 0.971. The second-order valence-corrected chi connectivity index (χ2v) is 16.4. The Labute approximate surface area is 371 Å². The number of ether oxygens (including phenoxy) is 10. The third-order valence-corrected chi connectivity index (χ3v) is 11.8. The van der Waals surface area contributed by atoms with Crippen molar-refractivity contribution in [3.8, 4) is 0 Å². The molecule has 0 aromatic rings. The molecule has 0 radical (unpaired) electrons. The van der Waals surface area contributed by atoms with Gasteiger partial charge in [0.25, 0.3) is 0 Å². The maximum Gasteiger partial charge on any atom is 0.243 e. The Morgan fingerprint density at radius 1 is 0.477 bits per heavy atom. The van der Waals surface area contributed by atoms with Crippen molar-refractivity contribution in [1.29, 1.82) is 5.53 Å².